The minimum atomic E-state index is -0.149. The second-order valence-corrected chi connectivity index (χ2v) is 3.90. The number of carbonyl (C=O) groups is 1. The van der Waals surface area contributed by atoms with Crippen LogP contribution >= 0.6 is 11.6 Å². The van der Waals surface area contributed by atoms with Crippen molar-refractivity contribution in [2.24, 2.45) is 0 Å². The van der Waals surface area contributed by atoms with Gasteiger partial charge in [-0.1, -0.05) is 23.7 Å². The minimum absolute atomic E-state index is 0.0376. The number of nitrogens with one attached hydrogen (secondary N) is 1. The number of rotatable bonds is 5. The third kappa shape index (κ3) is 4.18. The molecule has 0 aliphatic carbocycles. The number of benzene rings is 1. The van der Waals surface area contributed by atoms with Gasteiger partial charge in [0.15, 0.2) is 0 Å². The van der Waals surface area contributed by atoms with Crippen LogP contribution in [0.2, 0.25) is 5.02 Å². The van der Waals surface area contributed by atoms with Gasteiger partial charge in [0.25, 0.3) is 0 Å². The molecule has 0 saturated carbocycles. The van der Waals surface area contributed by atoms with E-state index in [2.05, 4.69) is 5.32 Å². The third-order valence-electron chi connectivity index (χ3n) is 2.04. The number of anilines is 1. The smallest absolute Gasteiger partial charge is 0.238 e. The molecule has 5 heteroatoms. The molecule has 1 amide bonds. The lowest BCUT2D eigenvalue weighted by molar-refractivity contribution is -0.117. The first-order valence-corrected chi connectivity index (χ1v) is 5.35. The first kappa shape index (κ1) is 13.0. The van der Waals surface area contributed by atoms with Gasteiger partial charge in [-0.15, -0.1) is 0 Å². The number of amides is 1. The fraction of sp³-hybridized carbons (Fsp3) is 0.364. The van der Waals surface area contributed by atoms with E-state index in [1.807, 2.05) is 0 Å². The summed E-state index contributed by atoms with van der Waals surface area (Å²) in [7, 11) is 1.77. The SMILES string of the molecule is CN(CCO)CC(=O)Nc1ccccc1Cl. The van der Waals surface area contributed by atoms with E-state index in [-0.39, 0.29) is 19.1 Å². The molecule has 4 nitrogen and oxygen atoms in total. The number of likely N-dealkylation sites (N-methyl/N-ethyl adjacent to an activating group) is 1. The van der Waals surface area contributed by atoms with E-state index < -0.39 is 0 Å². The number of hydrogen-bond acceptors (Lipinski definition) is 3. The van der Waals surface area contributed by atoms with Gasteiger partial charge < -0.3 is 10.4 Å². The van der Waals surface area contributed by atoms with E-state index >= 15 is 0 Å². The summed E-state index contributed by atoms with van der Waals surface area (Å²) in [5.41, 5.74) is 0.603. The summed E-state index contributed by atoms with van der Waals surface area (Å²) >= 11 is 5.90. The van der Waals surface area contributed by atoms with Gasteiger partial charge in [0, 0.05) is 6.54 Å². The van der Waals surface area contributed by atoms with Crippen LogP contribution in [0, 0.1) is 0 Å². The summed E-state index contributed by atoms with van der Waals surface area (Å²) < 4.78 is 0. The molecule has 0 radical (unpaired) electrons. The van der Waals surface area contributed by atoms with Gasteiger partial charge in [0.1, 0.15) is 0 Å². The van der Waals surface area contributed by atoms with Crippen molar-refractivity contribution in [1.82, 2.24) is 4.90 Å². The maximum absolute atomic E-state index is 11.6. The topological polar surface area (TPSA) is 52.6 Å². The Bertz CT molecular complexity index is 358. The number of halogens is 1. The minimum Gasteiger partial charge on any atom is -0.395 e. The molecule has 1 rings (SSSR count). The standard InChI is InChI=1S/C11H15ClN2O2/c1-14(6-7-15)8-11(16)13-10-5-3-2-4-9(10)12/h2-5,15H,6-8H2,1H3,(H,13,16). The zero-order valence-electron chi connectivity index (χ0n) is 9.11. The van der Waals surface area contributed by atoms with Gasteiger partial charge >= 0.3 is 0 Å². The molecule has 16 heavy (non-hydrogen) atoms. The van der Waals surface area contributed by atoms with Crippen molar-refractivity contribution >= 4 is 23.2 Å². The van der Waals surface area contributed by atoms with E-state index in [0.29, 0.717) is 17.3 Å². The molecular weight excluding hydrogens is 228 g/mol. The Kier molecular flexibility index (Phi) is 5.25. The molecular formula is C11H15ClN2O2. The summed E-state index contributed by atoms with van der Waals surface area (Å²) in [4.78, 5) is 13.3. The average Bonchev–Trinajstić information content (AvgIpc) is 2.21. The van der Waals surface area contributed by atoms with Crippen LogP contribution in [0.5, 0.6) is 0 Å². The number of nitrogens with zero attached hydrogens (tertiary/aromatic N) is 1. The lowest BCUT2D eigenvalue weighted by Gasteiger charge is -2.14. The molecule has 0 heterocycles. The van der Waals surface area contributed by atoms with E-state index in [9.17, 15) is 4.79 Å². The van der Waals surface area contributed by atoms with Crippen molar-refractivity contribution in [1.29, 1.82) is 0 Å². The van der Waals surface area contributed by atoms with Crippen molar-refractivity contribution < 1.29 is 9.90 Å². The Morgan fingerprint density at radius 2 is 2.19 bits per heavy atom. The highest BCUT2D eigenvalue weighted by atomic mass is 35.5. The van der Waals surface area contributed by atoms with Gasteiger partial charge in [-0.05, 0) is 19.2 Å². The van der Waals surface area contributed by atoms with Crippen LogP contribution in [-0.4, -0.2) is 42.7 Å². The van der Waals surface area contributed by atoms with Crippen LogP contribution < -0.4 is 5.32 Å². The Morgan fingerprint density at radius 1 is 1.50 bits per heavy atom. The molecule has 2 N–H and O–H groups in total. The number of hydrogen-bond donors (Lipinski definition) is 2. The first-order valence-electron chi connectivity index (χ1n) is 4.97. The summed E-state index contributed by atoms with van der Waals surface area (Å²) in [6, 6.07) is 7.07. The van der Waals surface area contributed by atoms with Crippen LogP contribution in [0.15, 0.2) is 24.3 Å². The largest absolute Gasteiger partial charge is 0.395 e. The molecule has 1 aromatic carbocycles. The molecule has 0 bridgehead atoms. The molecule has 0 unspecified atom stereocenters. The summed E-state index contributed by atoms with van der Waals surface area (Å²) in [5.74, 6) is -0.149. The van der Waals surface area contributed by atoms with E-state index in [1.54, 1.807) is 36.2 Å². The third-order valence-corrected chi connectivity index (χ3v) is 2.37. The molecule has 88 valence electrons. The predicted molar refractivity (Wildman–Crippen MR) is 64.7 cm³/mol. The van der Waals surface area contributed by atoms with E-state index in [0.717, 1.165) is 0 Å². The normalized spacial score (nSPS) is 10.5. The van der Waals surface area contributed by atoms with Crippen molar-refractivity contribution in [2.75, 3.05) is 32.1 Å². The van der Waals surface area contributed by atoms with Crippen molar-refractivity contribution in [3.05, 3.63) is 29.3 Å². The maximum atomic E-state index is 11.6. The Morgan fingerprint density at radius 3 is 2.81 bits per heavy atom. The molecule has 0 fully saturated rings. The second-order valence-electron chi connectivity index (χ2n) is 3.49. The highest BCUT2D eigenvalue weighted by Crippen LogP contribution is 2.20. The van der Waals surface area contributed by atoms with Crippen LogP contribution in [0.3, 0.4) is 0 Å². The quantitative estimate of drug-likeness (QED) is 0.816. The van der Waals surface area contributed by atoms with Crippen LogP contribution in [-0.2, 0) is 4.79 Å². The highest BCUT2D eigenvalue weighted by Gasteiger charge is 2.07. The molecule has 0 saturated heterocycles. The van der Waals surface area contributed by atoms with Crippen LogP contribution in [0.4, 0.5) is 5.69 Å². The molecule has 1 aromatic rings. The van der Waals surface area contributed by atoms with Gasteiger partial charge in [-0.2, -0.15) is 0 Å². The summed E-state index contributed by atoms with van der Waals surface area (Å²) in [5, 5.41) is 11.9. The highest BCUT2D eigenvalue weighted by molar-refractivity contribution is 6.33. The lowest BCUT2D eigenvalue weighted by Crippen LogP contribution is -2.32. The Hall–Kier alpha value is -1.10. The maximum Gasteiger partial charge on any atom is 0.238 e. The molecule has 0 spiro atoms. The van der Waals surface area contributed by atoms with E-state index in [1.165, 1.54) is 0 Å². The zero-order valence-corrected chi connectivity index (χ0v) is 9.87. The summed E-state index contributed by atoms with van der Waals surface area (Å²) in [6.07, 6.45) is 0. The number of carbonyl (C=O) groups excluding carboxylic acids is 1. The van der Waals surface area contributed by atoms with Crippen LogP contribution in [0.25, 0.3) is 0 Å². The van der Waals surface area contributed by atoms with Crippen molar-refractivity contribution in [2.45, 2.75) is 0 Å². The first-order chi connectivity index (χ1) is 7.63. The van der Waals surface area contributed by atoms with E-state index in [4.69, 9.17) is 16.7 Å². The number of para-hydroxylation sites is 1. The predicted octanol–water partition coefficient (Wildman–Crippen LogP) is 1.20. The van der Waals surface area contributed by atoms with Crippen molar-refractivity contribution in [3.63, 3.8) is 0 Å². The van der Waals surface area contributed by atoms with Gasteiger partial charge in [0.2, 0.25) is 5.91 Å². The lowest BCUT2D eigenvalue weighted by atomic mass is 10.3. The average molecular weight is 243 g/mol. The Balaban J connectivity index is 2.49. The second kappa shape index (κ2) is 6.48. The molecule has 0 aliphatic heterocycles. The zero-order chi connectivity index (χ0) is 12.0. The van der Waals surface area contributed by atoms with Gasteiger partial charge in [-0.3, -0.25) is 9.69 Å². The molecule has 0 aliphatic rings. The Labute approximate surface area is 99.8 Å². The van der Waals surface area contributed by atoms with Gasteiger partial charge in [0.05, 0.1) is 23.9 Å². The molecule has 0 aromatic heterocycles. The van der Waals surface area contributed by atoms with Crippen molar-refractivity contribution in [3.8, 4) is 0 Å². The van der Waals surface area contributed by atoms with Crippen LogP contribution in [0.1, 0.15) is 0 Å². The van der Waals surface area contributed by atoms with Gasteiger partial charge in [-0.25, -0.2) is 0 Å². The monoisotopic (exact) mass is 242 g/mol. The number of aliphatic hydroxyl groups is 1. The fourth-order valence-electron chi connectivity index (χ4n) is 1.25. The number of aliphatic hydroxyl groups excluding tert-OH is 1. The summed E-state index contributed by atoms with van der Waals surface area (Å²) in [6.45, 7) is 0.734. The molecule has 0 atom stereocenters. The fourth-order valence-corrected chi connectivity index (χ4v) is 1.43.